The first-order valence-corrected chi connectivity index (χ1v) is 10.8. The Morgan fingerprint density at radius 1 is 1.17 bits per heavy atom. The van der Waals surface area contributed by atoms with Crippen LogP contribution in [0.4, 0.5) is 5.69 Å². The van der Waals surface area contributed by atoms with Crippen molar-refractivity contribution in [2.75, 3.05) is 24.5 Å². The molecule has 3 aliphatic heterocycles. The first kappa shape index (κ1) is 16.4. The molecule has 3 aliphatic rings. The highest BCUT2D eigenvalue weighted by atomic mass is 32.2. The van der Waals surface area contributed by atoms with Crippen LogP contribution in [-0.4, -0.2) is 43.5 Å². The predicted octanol–water partition coefficient (Wildman–Crippen LogP) is 2.49. The minimum Gasteiger partial charge on any atom is -0.310 e. The summed E-state index contributed by atoms with van der Waals surface area (Å²) in [6.07, 6.45) is 2.01. The molecule has 1 fully saturated rings. The van der Waals surface area contributed by atoms with E-state index in [1.165, 1.54) is 0 Å². The second kappa shape index (κ2) is 5.75. The van der Waals surface area contributed by atoms with Crippen LogP contribution in [0.3, 0.4) is 0 Å². The van der Waals surface area contributed by atoms with Crippen LogP contribution in [0.25, 0.3) is 0 Å². The molecule has 5 nitrogen and oxygen atoms in total. The second-order valence-electron chi connectivity index (χ2n) is 7.09. The fourth-order valence-corrected chi connectivity index (χ4v) is 6.68. The molecular formula is C17H22N2O3S2. The summed E-state index contributed by atoms with van der Waals surface area (Å²) in [5, 5.41) is 0.332. The van der Waals surface area contributed by atoms with Crippen molar-refractivity contribution in [3.63, 3.8) is 0 Å². The maximum atomic E-state index is 13.1. The van der Waals surface area contributed by atoms with Crippen LogP contribution in [-0.2, 0) is 21.2 Å². The van der Waals surface area contributed by atoms with Gasteiger partial charge in [-0.1, -0.05) is 13.8 Å². The van der Waals surface area contributed by atoms with Crippen molar-refractivity contribution in [3.8, 4) is 0 Å². The number of carbonyl (C=O) groups is 1. The molecule has 0 aliphatic carbocycles. The molecule has 1 aromatic carbocycles. The zero-order chi connectivity index (χ0) is 17.1. The van der Waals surface area contributed by atoms with E-state index in [9.17, 15) is 13.2 Å². The van der Waals surface area contributed by atoms with Crippen LogP contribution in [0.15, 0.2) is 21.9 Å². The lowest BCUT2D eigenvalue weighted by Crippen LogP contribution is -2.38. The number of sulfonamides is 1. The van der Waals surface area contributed by atoms with E-state index in [0.29, 0.717) is 41.3 Å². The SMILES string of the molecule is CC1CCN(S(=O)(=O)c2ccc3c4c2CC(=O)N4C[C@H](C)S3)CC1. The third-order valence-electron chi connectivity index (χ3n) is 5.23. The molecule has 0 bridgehead atoms. The van der Waals surface area contributed by atoms with Crippen molar-refractivity contribution in [2.24, 2.45) is 5.92 Å². The highest BCUT2D eigenvalue weighted by molar-refractivity contribution is 8.00. The molecule has 0 radical (unpaired) electrons. The Bertz CT molecular complexity index is 798. The normalized spacial score (nSPS) is 25.2. The van der Waals surface area contributed by atoms with Crippen molar-refractivity contribution in [1.29, 1.82) is 0 Å². The topological polar surface area (TPSA) is 57.7 Å². The lowest BCUT2D eigenvalue weighted by atomic mass is 10.0. The van der Waals surface area contributed by atoms with Crippen molar-refractivity contribution in [1.82, 2.24) is 4.31 Å². The van der Waals surface area contributed by atoms with Gasteiger partial charge in [-0.05, 0) is 30.9 Å². The number of carbonyl (C=O) groups excluding carboxylic acids is 1. The molecule has 1 saturated heterocycles. The summed E-state index contributed by atoms with van der Waals surface area (Å²) in [4.78, 5) is 15.5. The molecule has 130 valence electrons. The van der Waals surface area contributed by atoms with E-state index in [1.54, 1.807) is 27.0 Å². The Kier molecular flexibility index (Phi) is 3.93. The maximum Gasteiger partial charge on any atom is 0.243 e. The summed E-state index contributed by atoms with van der Waals surface area (Å²) in [6.45, 7) is 6.07. The van der Waals surface area contributed by atoms with E-state index < -0.39 is 10.0 Å². The van der Waals surface area contributed by atoms with E-state index in [0.717, 1.165) is 23.4 Å². The minimum absolute atomic E-state index is 0.0216. The van der Waals surface area contributed by atoms with E-state index in [1.807, 2.05) is 6.07 Å². The van der Waals surface area contributed by atoms with Gasteiger partial charge >= 0.3 is 0 Å². The minimum atomic E-state index is -3.53. The Morgan fingerprint density at radius 3 is 2.58 bits per heavy atom. The smallest absolute Gasteiger partial charge is 0.243 e. The maximum absolute atomic E-state index is 13.1. The van der Waals surface area contributed by atoms with Gasteiger partial charge in [-0.15, -0.1) is 11.8 Å². The van der Waals surface area contributed by atoms with Gasteiger partial charge in [-0.2, -0.15) is 4.31 Å². The highest BCUT2D eigenvalue weighted by Crippen LogP contribution is 2.47. The summed E-state index contributed by atoms with van der Waals surface area (Å²) in [7, 11) is -3.53. The Balaban J connectivity index is 1.77. The first-order chi connectivity index (χ1) is 11.4. The largest absolute Gasteiger partial charge is 0.310 e. The third-order valence-corrected chi connectivity index (χ3v) is 8.35. The van der Waals surface area contributed by atoms with Crippen LogP contribution >= 0.6 is 11.8 Å². The Labute approximate surface area is 147 Å². The predicted molar refractivity (Wildman–Crippen MR) is 95.0 cm³/mol. The number of hydrogen-bond donors (Lipinski definition) is 0. The molecule has 0 aromatic heterocycles. The summed E-state index contributed by atoms with van der Waals surface area (Å²) >= 11 is 1.72. The lowest BCUT2D eigenvalue weighted by Gasteiger charge is -2.32. The van der Waals surface area contributed by atoms with Crippen LogP contribution < -0.4 is 4.90 Å². The van der Waals surface area contributed by atoms with Gasteiger partial charge in [0.05, 0.1) is 17.0 Å². The molecule has 0 saturated carbocycles. The van der Waals surface area contributed by atoms with Crippen LogP contribution in [0, 0.1) is 5.92 Å². The molecule has 1 amide bonds. The number of anilines is 1. The zero-order valence-corrected chi connectivity index (χ0v) is 15.6. The van der Waals surface area contributed by atoms with Gasteiger partial charge in [-0.25, -0.2) is 8.42 Å². The number of piperidine rings is 1. The zero-order valence-electron chi connectivity index (χ0n) is 14.0. The summed E-state index contributed by atoms with van der Waals surface area (Å²) in [6, 6.07) is 3.59. The quantitative estimate of drug-likeness (QED) is 0.807. The van der Waals surface area contributed by atoms with E-state index in [2.05, 4.69) is 13.8 Å². The van der Waals surface area contributed by atoms with Crippen molar-refractivity contribution in [3.05, 3.63) is 17.7 Å². The Morgan fingerprint density at radius 2 is 1.88 bits per heavy atom. The molecule has 1 aromatic rings. The summed E-state index contributed by atoms with van der Waals surface area (Å²) < 4.78 is 27.9. The fourth-order valence-electron chi connectivity index (χ4n) is 3.84. The number of amides is 1. The number of thioether (sulfide) groups is 1. The Hall–Kier alpha value is -1.05. The van der Waals surface area contributed by atoms with E-state index in [4.69, 9.17) is 0 Å². The molecule has 4 rings (SSSR count). The first-order valence-electron chi connectivity index (χ1n) is 8.51. The van der Waals surface area contributed by atoms with Gasteiger partial charge in [0.2, 0.25) is 15.9 Å². The molecule has 0 unspecified atom stereocenters. The average Bonchev–Trinajstić information content (AvgIpc) is 2.85. The molecule has 0 N–H and O–H groups in total. The monoisotopic (exact) mass is 366 g/mol. The summed E-state index contributed by atoms with van der Waals surface area (Å²) in [5.41, 5.74) is 1.55. The molecular weight excluding hydrogens is 344 g/mol. The molecule has 7 heteroatoms. The van der Waals surface area contributed by atoms with Gasteiger partial charge < -0.3 is 4.90 Å². The number of rotatable bonds is 2. The van der Waals surface area contributed by atoms with E-state index >= 15 is 0 Å². The standard InChI is InChI=1S/C17H22N2O3S2/c1-11-5-7-18(8-6-11)24(21,22)15-4-3-14-17-13(15)9-16(20)19(17)10-12(2)23-14/h3-4,11-12H,5-10H2,1-2H3/t12-/m0/s1. The van der Waals surface area contributed by atoms with Gasteiger partial charge in [0.1, 0.15) is 0 Å². The molecule has 1 atom stereocenters. The van der Waals surface area contributed by atoms with Crippen LogP contribution in [0.1, 0.15) is 32.3 Å². The highest BCUT2D eigenvalue weighted by Gasteiger charge is 2.40. The third kappa shape index (κ3) is 2.48. The van der Waals surface area contributed by atoms with Crippen molar-refractivity contribution >= 4 is 33.4 Å². The van der Waals surface area contributed by atoms with Gasteiger partial charge in [0, 0.05) is 35.3 Å². The summed E-state index contributed by atoms with van der Waals surface area (Å²) in [5.74, 6) is 0.596. The molecule has 24 heavy (non-hydrogen) atoms. The lowest BCUT2D eigenvalue weighted by molar-refractivity contribution is -0.117. The van der Waals surface area contributed by atoms with E-state index in [-0.39, 0.29) is 12.3 Å². The van der Waals surface area contributed by atoms with Crippen molar-refractivity contribution in [2.45, 2.75) is 48.2 Å². The number of benzene rings is 1. The van der Waals surface area contributed by atoms with Crippen molar-refractivity contribution < 1.29 is 13.2 Å². The molecule has 0 spiro atoms. The average molecular weight is 367 g/mol. The second-order valence-corrected chi connectivity index (χ2v) is 10.5. The van der Waals surface area contributed by atoms with Gasteiger partial charge in [0.15, 0.2) is 0 Å². The van der Waals surface area contributed by atoms with Crippen LogP contribution in [0.5, 0.6) is 0 Å². The molecule has 3 heterocycles. The van der Waals surface area contributed by atoms with Crippen LogP contribution in [0.2, 0.25) is 0 Å². The number of hydrogen-bond acceptors (Lipinski definition) is 4. The fraction of sp³-hybridized carbons (Fsp3) is 0.588. The number of nitrogens with zero attached hydrogens (tertiary/aromatic N) is 2. The van der Waals surface area contributed by atoms with Gasteiger partial charge in [-0.3, -0.25) is 4.79 Å². The van der Waals surface area contributed by atoms with Gasteiger partial charge in [0.25, 0.3) is 0 Å².